The van der Waals surface area contributed by atoms with Gasteiger partial charge in [-0.15, -0.1) is 0 Å². The van der Waals surface area contributed by atoms with Crippen molar-refractivity contribution in [2.24, 2.45) is 11.8 Å². The van der Waals surface area contributed by atoms with E-state index in [-0.39, 0.29) is 29.7 Å². The van der Waals surface area contributed by atoms with E-state index in [0.29, 0.717) is 37.9 Å². The summed E-state index contributed by atoms with van der Waals surface area (Å²) < 4.78 is 0. The molecule has 1 saturated carbocycles. The molecule has 2 amide bonds. The number of nitrogens with zero attached hydrogens (tertiary/aromatic N) is 1. The van der Waals surface area contributed by atoms with E-state index in [2.05, 4.69) is 5.32 Å². The van der Waals surface area contributed by atoms with Gasteiger partial charge in [0.2, 0.25) is 5.91 Å². The summed E-state index contributed by atoms with van der Waals surface area (Å²) >= 11 is 0. The highest BCUT2D eigenvalue weighted by Gasteiger charge is 2.34. The van der Waals surface area contributed by atoms with Crippen molar-refractivity contribution in [3.63, 3.8) is 0 Å². The van der Waals surface area contributed by atoms with Crippen LogP contribution in [0.2, 0.25) is 0 Å². The van der Waals surface area contributed by atoms with E-state index in [1.54, 1.807) is 17.0 Å². The maximum absolute atomic E-state index is 12.6. The number of hydrogen-bond donors (Lipinski definition) is 2. The molecule has 0 bridgehead atoms. The number of aliphatic carboxylic acids is 1. The number of carboxylic acids is 1. The van der Waals surface area contributed by atoms with Gasteiger partial charge in [0.05, 0.1) is 11.8 Å². The molecule has 2 aliphatic rings. The molecule has 1 aromatic rings. The highest BCUT2D eigenvalue weighted by molar-refractivity contribution is 5.94. The third kappa shape index (κ3) is 4.18. The zero-order valence-electron chi connectivity index (χ0n) is 14.2. The second-order valence-corrected chi connectivity index (χ2v) is 7.01. The van der Waals surface area contributed by atoms with Gasteiger partial charge < -0.3 is 15.3 Å². The monoisotopic (exact) mass is 344 g/mol. The number of carbonyl (C=O) groups is 3. The van der Waals surface area contributed by atoms with Crippen molar-refractivity contribution in [3.8, 4) is 0 Å². The lowest BCUT2D eigenvalue weighted by molar-refractivity contribution is -0.141. The number of likely N-dealkylation sites (tertiary alicyclic amines) is 1. The van der Waals surface area contributed by atoms with Gasteiger partial charge in [-0.3, -0.25) is 14.4 Å². The van der Waals surface area contributed by atoms with Crippen molar-refractivity contribution in [3.05, 3.63) is 35.9 Å². The molecule has 134 valence electrons. The van der Waals surface area contributed by atoms with Crippen LogP contribution in [-0.2, 0) is 9.59 Å². The van der Waals surface area contributed by atoms with Crippen molar-refractivity contribution in [1.82, 2.24) is 10.2 Å². The molecule has 3 atom stereocenters. The van der Waals surface area contributed by atoms with E-state index in [0.717, 1.165) is 12.8 Å². The quantitative estimate of drug-likeness (QED) is 0.873. The molecule has 6 nitrogen and oxygen atoms in total. The van der Waals surface area contributed by atoms with Crippen LogP contribution in [0.4, 0.5) is 0 Å². The van der Waals surface area contributed by atoms with Gasteiger partial charge in [-0.2, -0.15) is 0 Å². The fraction of sp³-hybridized carbons (Fsp3) is 0.526. The van der Waals surface area contributed by atoms with Gasteiger partial charge >= 0.3 is 5.97 Å². The summed E-state index contributed by atoms with van der Waals surface area (Å²) in [5, 5.41) is 12.1. The average molecular weight is 344 g/mol. The van der Waals surface area contributed by atoms with E-state index < -0.39 is 5.97 Å². The number of carboxylic acid groups (broad SMARTS) is 1. The number of carbonyl (C=O) groups excluding carboxylic acids is 2. The Labute approximate surface area is 147 Å². The molecule has 1 aromatic carbocycles. The minimum absolute atomic E-state index is 0.0371. The van der Waals surface area contributed by atoms with Crippen molar-refractivity contribution < 1.29 is 19.5 Å². The van der Waals surface area contributed by atoms with Gasteiger partial charge in [0.15, 0.2) is 0 Å². The van der Waals surface area contributed by atoms with Crippen LogP contribution in [0.25, 0.3) is 0 Å². The van der Waals surface area contributed by atoms with E-state index in [9.17, 15) is 14.4 Å². The Balaban J connectivity index is 1.55. The Bertz CT molecular complexity index is 646. The van der Waals surface area contributed by atoms with E-state index in [1.807, 2.05) is 18.2 Å². The molecule has 3 rings (SSSR count). The van der Waals surface area contributed by atoms with Crippen LogP contribution in [0.5, 0.6) is 0 Å². The largest absolute Gasteiger partial charge is 0.481 e. The molecule has 1 heterocycles. The highest BCUT2D eigenvalue weighted by atomic mass is 16.4. The maximum atomic E-state index is 12.6. The number of nitrogens with one attached hydrogen (secondary N) is 1. The lowest BCUT2D eigenvalue weighted by atomic mass is 9.96. The van der Waals surface area contributed by atoms with Crippen LogP contribution < -0.4 is 5.32 Å². The van der Waals surface area contributed by atoms with Crippen LogP contribution in [0.15, 0.2) is 30.3 Å². The SMILES string of the molecule is O=C(N[C@@H]1CC[C@H](C(=O)O)C1)C1CCCN(C(=O)c2ccccc2)C1. The predicted molar refractivity (Wildman–Crippen MR) is 92.0 cm³/mol. The van der Waals surface area contributed by atoms with Crippen molar-refractivity contribution in [1.29, 1.82) is 0 Å². The summed E-state index contributed by atoms with van der Waals surface area (Å²) in [5.41, 5.74) is 0.642. The Hall–Kier alpha value is -2.37. The molecule has 2 N–H and O–H groups in total. The van der Waals surface area contributed by atoms with E-state index in [4.69, 9.17) is 5.11 Å². The molecule has 1 unspecified atom stereocenters. The van der Waals surface area contributed by atoms with Gasteiger partial charge in [0, 0.05) is 24.7 Å². The first-order valence-electron chi connectivity index (χ1n) is 8.92. The van der Waals surface area contributed by atoms with Gasteiger partial charge in [-0.05, 0) is 44.2 Å². The molecular formula is C19H24N2O4. The smallest absolute Gasteiger partial charge is 0.306 e. The summed E-state index contributed by atoms with van der Waals surface area (Å²) in [7, 11) is 0. The zero-order chi connectivity index (χ0) is 17.8. The van der Waals surface area contributed by atoms with Crippen molar-refractivity contribution in [2.75, 3.05) is 13.1 Å². The summed E-state index contributed by atoms with van der Waals surface area (Å²) in [6, 6.07) is 9.05. The zero-order valence-corrected chi connectivity index (χ0v) is 14.2. The number of amides is 2. The molecule has 25 heavy (non-hydrogen) atoms. The van der Waals surface area contributed by atoms with Crippen molar-refractivity contribution in [2.45, 2.75) is 38.1 Å². The number of piperidine rings is 1. The first-order chi connectivity index (χ1) is 12.0. The normalized spacial score (nSPS) is 26.2. The standard InChI is InChI=1S/C19H24N2O4/c22-17(20-16-9-8-14(11-16)19(24)25)15-7-4-10-21(12-15)18(23)13-5-2-1-3-6-13/h1-3,5-6,14-16H,4,7-12H2,(H,20,22)(H,24,25)/t14-,15?,16+/m0/s1. The van der Waals surface area contributed by atoms with Gasteiger partial charge in [0.25, 0.3) is 5.91 Å². The lowest BCUT2D eigenvalue weighted by Crippen LogP contribution is -2.47. The fourth-order valence-corrected chi connectivity index (χ4v) is 3.79. The molecule has 1 aliphatic heterocycles. The van der Waals surface area contributed by atoms with E-state index >= 15 is 0 Å². The Morgan fingerprint density at radius 1 is 1.04 bits per heavy atom. The molecular weight excluding hydrogens is 320 g/mol. The molecule has 1 aliphatic carbocycles. The van der Waals surface area contributed by atoms with Crippen LogP contribution in [-0.4, -0.2) is 46.9 Å². The van der Waals surface area contributed by atoms with Crippen LogP contribution >= 0.6 is 0 Å². The Morgan fingerprint density at radius 2 is 1.80 bits per heavy atom. The van der Waals surface area contributed by atoms with Gasteiger partial charge in [0.1, 0.15) is 0 Å². The third-order valence-electron chi connectivity index (χ3n) is 5.23. The van der Waals surface area contributed by atoms with E-state index in [1.165, 1.54) is 0 Å². The first kappa shape index (κ1) is 17.5. The molecule has 1 saturated heterocycles. The molecule has 6 heteroatoms. The predicted octanol–water partition coefficient (Wildman–Crippen LogP) is 1.91. The van der Waals surface area contributed by atoms with Crippen LogP contribution in [0.3, 0.4) is 0 Å². The summed E-state index contributed by atoms with van der Waals surface area (Å²) in [4.78, 5) is 37.9. The average Bonchev–Trinajstić information content (AvgIpc) is 3.11. The second-order valence-electron chi connectivity index (χ2n) is 7.01. The molecule has 2 fully saturated rings. The van der Waals surface area contributed by atoms with Crippen LogP contribution in [0, 0.1) is 11.8 Å². The maximum Gasteiger partial charge on any atom is 0.306 e. The van der Waals surface area contributed by atoms with Gasteiger partial charge in [-0.1, -0.05) is 18.2 Å². The topological polar surface area (TPSA) is 86.7 Å². The fourth-order valence-electron chi connectivity index (χ4n) is 3.79. The summed E-state index contributed by atoms with van der Waals surface area (Å²) in [6.45, 7) is 1.09. The number of rotatable bonds is 4. The minimum atomic E-state index is -0.783. The molecule has 0 spiro atoms. The lowest BCUT2D eigenvalue weighted by Gasteiger charge is -2.32. The molecule has 0 radical (unpaired) electrons. The number of hydrogen-bond acceptors (Lipinski definition) is 3. The van der Waals surface area contributed by atoms with Crippen LogP contribution in [0.1, 0.15) is 42.5 Å². The highest BCUT2D eigenvalue weighted by Crippen LogP contribution is 2.26. The Morgan fingerprint density at radius 3 is 2.48 bits per heavy atom. The first-order valence-corrected chi connectivity index (χ1v) is 8.92. The van der Waals surface area contributed by atoms with Crippen molar-refractivity contribution >= 4 is 17.8 Å². The Kier molecular flexibility index (Phi) is 5.36. The number of benzene rings is 1. The minimum Gasteiger partial charge on any atom is -0.481 e. The molecule has 0 aromatic heterocycles. The third-order valence-corrected chi connectivity index (χ3v) is 5.23. The summed E-state index contributed by atoms with van der Waals surface area (Å²) in [5.74, 6) is -1.45. The van der Waals surface area contributed by atoms with Gasteiger partial charge in [-0.25, -0.2) is 0 Å². The summed E-state index contributed by atoms with van der Waals surface area (Å²) in [6.07, 6.45) is 3.39. The second kappa shape index (κ2) is 7.68.